The van der Waals surface area contributed by atoms with Gasteiger partial charge in [-0.15, -0.1) is 10.2 Å². The Balaban J connectivity index is 1.51. The molecular weight excluding hydrogens is 377 g/mol. The summed E-state index contributed by atoms with van der Waals surface area (Å²) < 4.78 is 5.30. The van der Waals surface area contributed by atoms with E-state index in [9.17, 15) is 4.79 Å². The lowest BCUT2D eigenvalue weighted by molar-refractivity contribution is 0.0383. The maximum Gasteiger partial charge on any atom is 0.271 e. The predicted octanol–water partition coefficient (Wildman–Crippen LogP) is 2.59. The van der Waals surface area contributed by atoms with Crippen molar-refractivity contribution in [1.29, 1.82) is 0 Å². The number of nitrogens with zero attached hydrogens (tertiary/aromatic N) is 3. The fraction of sp³-hybridized carbons (Fsp3) is 0.353. The van der Waals surface area contributed by atoms with Gasteiger partial charge in [0, 0.05) is 31.2 Å². The summed E-state index contributed by atoms with van der Waals surface area (Å²) >= 11 is 12.1. The maximum atomic E-state index is 12.1. The number of hydrogen-bond acceptors (Lipinski definition) is 6. The highest BCUT2D eigenvalue weighted by Crippen LogP contribution is 2.27. The number of halogens is 2. The molecule has 1 amide bonds. The van der Waals surface area contributed by atoms with Gasteiger partial charge in [-0.1, -0.05) is 23.2 Å². The standard InChI is InChI=1S/C17H19Cl2N5O2/c18-12-1-2-13(19)15(11-12)21-16-4-3-14(22-23-16)17(25)20-5-6-24-7-9-26-10-8-24/h1-4,11H,5-10H2,(H,20,25)(H,21,23). The van der Waals surface area contributed by atoms with Crippen molar-refractivity contribution in [1.82, 2.24) is 20.4 Å². The first kappa shape index (κ1) is 18.8. The van der Waals surface area contributed by atoms with Crippen LogP contribution in [0.1, 0.15) is 10.5 Å². The van der Waals surface area contributed by atoms with Crippen molar-refractivity contribution >= 4 is 40.6 Å². The van der Waals surface area contributed by atoms with E-state index in [0.717, 1.165) is 32.8 Å². The summed E-state index contributed by atoms with van der Waals surface area (Å²) in [5.74, 6) is 0.220. The first-order valence-electron chi connectivity index (χ1n) is 8.26. The second-order valence-corrected chi connectivity index (χ2v) is 6.61. The minimum Gasteiger partial charge on any atom is -0.379 e. The Bertz CT molecular complexity index is 751. The first-order chi connectivity index (χ1) is 12.6. The molecule has 2 heterocycles. The molecule has 1 aliphatic rings. The molecule has 0 bridgehead atoms. The molecule has 3 rings (SSSR count). The van der Waals surface area contributed by atoms with Crippen LogP contribution in [0.25, 0.3) is 0 Å². The van der Waals surface area contributed by atoms with Gasteiger partial charge in [-0.2, -0.15) is 0 Å². The average molecular weight is 396 g/mol. The van der Waals surface area contributed by atoms with Crippen LogP contribution in [-0.2, 0) is 4.74 Å². The van der Waals surface area contributed by atoms with E-state index in [0.29, 0.717) is 28.1 Å². The Morgan fingerprint density at radius 2 is 1.96 bits per heavy atom. The largest absolute Gasteiger partial charge is 0.379 e. The molecule has 2 N–H and O–H groups in total. The lowest BCUT2D eigenvalue weighted by Gasteiger charge is -2.26. The number of morpholine rings is 1. The van der Waals surface area contributed by atoms with E-state index in [2.05, 4.69) is 25.7 Å². The molecule has 0 atom stereocenters. The lowest BCUT2D eigenvalue weighted by atomic mass is 10.3. The molecule has 26 heavy (non-hydrogen) atoms. The normalized spacial score (nSPS) is 14.8. The molecule has 7 nitrogen and oxygen atoms in total. The summed E-state index contributed by atoms with van der Waals surface area (Å²) in [6.07, 6.45) is 0. The van der Waals surface area contributed by atoms with E-state index in [-0.39, 0.29) is 11.6 Å². The van der Waals surface area contributed by atoms with E-state index in [4.69, 9.17) is 27.9 Å². The SMILES string of the molecule is O=C(NCCN1CCOCC1)c1ccc(Nc2cc(Cl)ccc2Cl)nn1. The number of benzene rings is 1. The van der Waals surface area contributed by atoms with Gasteiger partial charge in [0.05, 0.1) is 23.9 Å². The van der Waals surface area contributed by atoms with Gasteiger partial charge < -0.3 is 15.4 Å². The molecule has 138 valence electrons. The van der Waals surface area contributed by atoms with E-state index < -0.39 is 0 Å². The van der Waals surface area contributed by atoms with Gasteiger partial charge in [-0.05, 0) is 30.3 Å². The van der Waals surface area contributed by atoms with Crippen LogP contribution in [0.5, 0.6) is 0 Å². The highest BCUT2D eigenvalue weighted by atomic mass is 35.5. The Kier molecular flexibility index (Phi) is 6.62. The molecule has 1 aromatic heterocycles. The Labute approximate surface area is 161 Å². The number of amides is 1. The van der Waals surface area contributed by atoms with Crippen LogP contribution in [-0.4, -0.2) is 60.4 Å². The highest BCUT2D eigenvalue weighted by molar-refractivity contribution is 6.35. The number of anilines is 2. The summed E-state index contributed by atoms with van der Waals surface area (Å²) in [6, 6.07) is 8.36. The van der Waals surface area contributed by atoms with Crippen molar-refractivity contribution in [2.45, 2.75) is 0 Å². The Morgan fingerprint density at radius 3 is 2.69 bits per heavy atom. The summed E-state index contributed by atoms with van der Waals surface area (Å²) in [7, 11) is 0. The fourth-order valence-electron chi connectivity index (χ4n) is 2.49. The zero-order valence-corrected chi connectivity index (χ0v) is 15.6. The van der Waals surface area contributed by atoms with Gasteiger partial charge >= 0.3 is 0 Å². The van der Waals surface area contributed by atoms with Gasteiger partial charge in [0.25, 0.3) is 5.91 Å². The molecule has 0 radical (unpaired) electrons. The lowest BCUT2D eigenvalue weighted by Crippen LogP contribution is -2.41. The van der Waals surface area contributed by atoms with Gasteiger partial charge in [-0.3, -0.25) is 9.69 Å². The zero-order chi connectivity index (χ0) is 18.4. The number of rotatable bonds is 6. The molecule has 0 spiro atoms. The molecule has 0 saturated carbocycles. The topological polar surface area (TPSA) is 79.4 Å². The highest BCUT2D eigenvalue weighted by Gasteiger charge is 2.12. The van der Waals surface area contributed by atoms with Crippen LogP contribution in [0.2, 0.25) is 10.0 Å². The minimum absolute atomic E-state index is 0.252. The fourth-order valence-corrected chi connectivity index (χ4v) is 2.83. The number of carbonyl (C=O) groups is 1. The molecule has 1 saturated heterocycles. The van der Waals surface area contributed by atoms with Gasteiger partial charge in [0.2, 0.25) is 0 Å². The van der Waals surface area contributed by atoms with E-state index in [1.807, 2.05) is 0 Å². The second-order valence-electron chi connectivity index (χ2n) is 5.76. The number of carbonyl (C=O) groups excluding carboxylic acids is 1. The van der Waals surface area contributed by atoms with Crippen molar-refractivity contribution < 1.29 is 9.53 Å². The smallest absolute Gasteiger partial charge is 0.271 e. The molecule has 2 aromatic rings. The summed E-state index contributed by atoms with van der Waals surface area (Å²) in [5.41, 5.74) is 0.880. The van der Waals surface area contributed by atoms with Crippen LogP contribution in [0.3, 0.4) is 0 Å². The molecule has 1 aromatic carbocycles. The van der Waals surface area contributed by atoms with E-state index in [1.54, 1.807) is 30.3 Å². The van der Waals surface area contributed by atoms with E-state index >= 15 is 0 Å². The quantitative estimate of drug-likeness (QED) is 0.782. The Morgan fingerprint density at radius 1 is 1.15 bits per heavy atom. The summed E-state index contributed by atoms with van der Waals surface area (Å²) in [6.45, 7) is 4.60. The molecule has 0 aliphatic carbocycles. The minimum atomic E-state index is -0.252. The van der Waals surface area contributed by atoms with Crippen LogP contribution >= 0.6 is 23.2 Å². The molecule has 9 heteroatoms. The van der Waals surface area contributed by atoms with Crippen LogP contribution in [0, 0.1) is 0 Å². The van der Waals surface area contributed by atoms with Gasteiger partial charge in [0.1, 0.15) is 0 Å². The number of aromatic nitrogens is 2. The van der Waals surface area contributed by atoms with Crippen molar-refractivity contribution in [3.8, 4) is 0 Å². The van der Waals surface area contributed by atoms with Gasteiger partial charge in [0.15, 0.2) is 11.5 Å². The van der Waals surface area contributed by atoms with Crippen LogP contribution in [0.4, 0.5) is 11.5 Å². The zero-order valence-electron chi connectivity index (χ0n) is 14.0. The van der Waals surface area contributed by atoms with Crippen molar-refractivity contribution in [3.63, 3.8) is 0 Å². The number of hydrogen-bond donors (Lipinski definition) is 2. The van der Waals surface area contributed by atoms with Crippen molar-refractivity contribution in [2.75, 3.05) is 44.7 Å². The van der Waals surface area contributed by atoms with Crippen LogP contribution < -0.4 is 10.6 Å². The number of ether oxygens (including phenoxy) is 1. The summed E-state index contributed by atoms with van der Waals surface area (Å²) in [4.78, 5) is 14.4. The van der Waals surface area contributed by atoms with Crippen molar-refractivity contribution in [3.05, 3.63) is 46.1 Å². The molecule has 1 aliphatic heterocycles. The molecule has 0 unspecified atom stereocenters. The average Bonchev–Trinajstić information content (AvgIpc) is 2.66. The first-order valence-corrected chi connectivity index (χ1v) is 9.01. The maximum absolute atomic E-state index is 12.1. The third-order valence-electron chi connectivity index (χ3n) is 3.91. The third kappa shape index (κ3) is 5.28. The number of nitrogens with one attached hydrogen (secondary N) is 2. The summed E-state index contributed by atoms with van der Waals surface area (Å²) in [5, 5.41) is 14.9. The molecule has 1 fully saturated rings. The van der Waals surface area contributed by atoms with Gasteiger partial charge in [-0.25, -0.2) is 0 Å². The Hall–Kier alpha value is -1.93. The van der Waals surface area contributed by atoms with Crippen LogP contribution in [0.15, 0.2) is 30.3 Å². The monoisotopic (exact) mass is 395 g/mol. The van der Waals surface area contributed by atoms with Crippen molar-refractivity contribution in [2.24, 2.45) is 0 Å². The second kappa shape index (κ2) is 9.14. The predicted molar refractivity (Wildman–Crippen MR) is 101 cm³/mol. The molecular formula is C17H19Cl2N5O2. The third-order valence-corrected chi connectivity index (χ3v) is 4.47. The van der Waals surface area contributed by atoms with E-state index in [1.165, 1.54) is 0 Å².